The standard InChI is InChI=1S/C12H21N3/c1-12(2,3)10(14-4)8-9-6-5-7-15-11(9)13/h5-7,10,14H,8H2,1-4H3,(H2,13,15). The predicted molar refractivity (Wildman–Crippen MR) is 64.7 cm³/mol. The molecule has 0 aliphatic heterocycles. The first-order valence-corrected chi connectivity index (χ1v) is 5.31. The molecule has 0 radical (unpaired) electrons. The largest absolute Gasteiger partial charge is 0.383 e. The van der Waals surface area contributed by atoms with Gasteiger partial charge in [0, 0.05) is 12.2 Å². The van der Waals surface area contributed by atoms with E-state index >= 15 is 0 Å². The number of anilines is 1. The van der Waals surface area contributed by atoms with Crippen molar-refractivity contribution in [2.24, 2.45) is 5.41 Å². The van der Waals surface area contributed by atoms with Gasteiger partial charge < -0.3 is 11.1 Å². The van der Waals surface area contributed by atoms with Gasteiger partial charge in [0.15, 0.2) is 0 Å². The van der Waals surface area contributed by atoms with E-state index in [0.717, 1.165) is 12.0 Å². The summed E-state index contributed by atoms with van der Waals surface area (Å²) in [4.78, 5) is 4.10. The Balaban J connectivity index is 2.80. The Labute approximate surface area is 92.1 Å². The minimum atomic E-state index is 0.219. The van der Waals surface area contributed by atoms with Crippen molar-refractivity contribution >= 4 is 5.82 Å². The summed E-state index contributed by atoms with van der Waals surface area (Å²) in [5.41, 5.74) is 7.16. The van der Waals surface area contributed by atoms with Crippen molar-refractivity contribution in [2.45, 2.75) is 33.2 Å². The highest BCUT2D eigenvalue weighted by Crippen LogP contribution is 2.23. The molecule has 3 heteroatoms. The van der Waals surface area contributed by atoms with Crippen LogP contribution in [0.5, 0.6) is 0 Å². The van der Waals surface area contributed by atoms with Gasteiger partial charge in [0.25, 0.3) is 0 Å². The first-order valence-electron chi connectivity index (χ1n) is 5.31. The molecule has 0 aromatic carbocycles. The molecule has 0 fully saturated rings. The third kappa shape index (κ3) is 3.20. The van der Waals surface area contributed by atoms with Gasteiger partial charge in [-0.1, -0.05) is 26.8 Å². The monoisotopic (exact) mass is 207 g/mol. The Bertz CT molecular complexity index is 315. The normalized spacial score (nSPS) is 13.9. The third-order valence-electron chi connectivity index (χ3n) is 2.74. The van der Waals surface area contributed by atoms with Crippen molar-refractivity contribution in [3.8, 4) is 0 Å². The van der Waals surface area contributed by atoms with Gasteiger partial charge in [0.05, 0.1) is 0 Å². The second-order valence-corrected chi connectivity index (χ2v) is 4.96. The number of likely N-dealkylation sites (N-methyl/N-ethyl adjacent to an activating group) is 1. The van der Waals surface area contributed by atoms with Crippen LogP contribution in [-0.2, 0) is 6.42 Å². The van der Waals surface area contributed by atoms with Crippen molar-refractivity contribution in [1.29, 1.82) is 0 Å². The van der Waals surface area contributed by atoms with E-state index in [1.54, 1.807) is 6.20 Å². The average Bonchev–Trinajstić information content (AvgIpc) is 2.14. The van der Waals surface area contributed by atoms with Crippen molar-refractivity contribution in [3.63, 3.8) is 0 Å². The lowest BCUT2D eigenvalue weighted by Gasteiger charge is -2.30. The average molecular weight is 207 g/mol. The fourth-order valence-electron chi connectivity index (χ4n) is 1.68. The molecule has 0 amide bonds. The SMILES string of the molecule is CNC(Cc1cccnc1N)C(C)(C)C. The van der Waals surface area contributed by atoms with Crippen LogP contribution >= 0.6 is 0 Å². The number of aromatic nitrogens is 1. The molecule has 1 aromatic heterocycles. The van der Waals surface area contributed by atoms with Gasteiger partial charge in [0.1, 0.15) is 5.82 Å². The van der Waals surface area contributed by atoms with Crippen LogP contribution in [0, 0.1) is 5.41 Å². The van der Waals surface area contributed by atoms with Crippen LogP contribution < -0.4 is 11.1 Å². The van der Waals surface area contributed by atoms with Gasteiger partial charge in [-0.2, -0.15) is 0 Å². The summed E-state index contributed by atoms with van der Waals surface area (Å²) in [5, 5.41) is 3.33. The Kier molecular flexibility index (Phi) is 3.69. The molecule has 3 nitrogen and oxygen atoms in total. The maximum atomic E-state index is 5.83. The number of nitrogen functional groups attached to an aromatic ring is 1. The summed E-state index contributed by atoms with van der Waals surface area (Å²) >= 11 is 0. The van der Waals surface area contributed by atoms with Crippen LogP contribution in [-0.4, -0.2) is 18.1 Å². The van der Waals surface area contributed by atoms with E-state index in [0.29, 0.717) is 11.9 Å². The molecule has 0 spiro atoms. The minimum Gasteiger partial charge on any atom is -0.383 e. The molecule has 84 valence electrons. The maximum Gasteiger partial charge on any atom is 0.126 e. The summed E-state index contributed by atoms with van der Waals surface area (Å²) in [6.07, 6.45) is 2.64. The molecule has 1 heterocycles. The Morgan fingerprint density at radius 1 is 1.47 bits per heavy atom. The highest BCUT2D eigenvalue weighted by molar-refractivity contribution is 5.39. The molecule has 0 aliphatic carbocycles. The lowest BCUT2D eigenvalue weighted by Crippen LogP contribution is -2.39. The van der Waals surface area contributed by atoms with Gasteiger partial charge >= 0.3 is 0 Å². The van der Waals surface area contributed by atoms with Gasteiger partial charge in [-0.05, 0) is 30.5 Å². The van der Waals surface area contributed by atoms with Crippen LogP contribution in [0.2, 0.25) is 0 Å². The molecule has 0 saturated carbocycles. The maximum absolute atomic E-state index is 5.83. The van der Waals surface area contributed by atoms with E-state index in [1.807, 2.05) is 19.2 Å². The summed E-state index contributed by atoms with van der Waals surface area (Å²) < 4.78 is 0. The van der Waals surface area contributed by atoms with E-state index in [-0.39, 0.29) is 5.41 Å². The Morgan fingerprint density at radius 3 is 2.60 bits per heavy atom. The van der Waals surface area contributed by atoms with E-state index < -0.39 is 0 Å². The van der Waals surface area contributed by atoms with Gasteiger partial charge in [-0.3, -0.25) is 0 Å². The molecule has 0 saturated heterocycles. The summed E-state index contributed by atoms with van der Waals surface area (Å²) in [5.74, 6) is 0.641. The van der Waals surface area contributed by atoms with Crippen molar-refractivity contribution < 1.29 is 0 Å². The molecule has 1 unspecified atom stereocenters. The highest BCUT2D eigenvalue weighted by Gasteiger charge is 2.23. The van der Waals surface area contributed by atoms with Gasteiger partial charge in [0.2, 0.25) is 0 Å². The fraction of sp³-hybridized carbons (Fsp3) is 0.583. The van der Waals surface area contributed by atoms with Crippen LogP contribution in [0.25, 0.3) is 0 Å². The lowest BCUT2D eigenvalue weighted by atomic mass is 9.83. The van der Waals surface area contributed by atoms with Crippen molar-refractivity contribution in [2.75, 3.05) is 12.8 Å². The first-order chi connectivity index (χ1) is 6.95. The Hall–Kier alpha value is -1.09. The number of nitrogens with one attached hydrogen (secondary N) is 1. The van der Waals surface area contributed by atoms with E-state index in [2.05, 4.69) is 31.1 Å². The number of rotatable bonds is 3. The highest BCUT2D eigenvalue weighted by atomic mass is 14.9. The molecule has 15 heavy (non-hydrogen) atoms. The number of nitrogens with two attached hydrogens (primary N) is 1. The zero-order chi connectivity index (χ0) is 11.5. The van der Waals surface area contributed by atoms with Crippen molar-refractivity contribution in [3.05, 3.63) is 23.9 Å². The molecule has 3 N–H and O–H groups in total. The smallest absolute Gasteiger partial charge is 0.126 e. The molecule has 1 aromatic rings. The third-order valence-corrected chi connectivity index (χ3v) is 2.74. The summed E-state index contributed by atoms with van der Waals surface area (Å²) in [6, 6.07) is 4.38. The summed E-state index contributed by atoms with van der Waals surface area (Å²) in [6.45, 7) is 6.67. The second kappa shape index (κ2) is 4.62. The Morgan fingerprint density at radius 2 is 2.13 bits per heavy atom. The second-order valence-electron chi connectivity index (χ2n) is 4.96. The van der Waals surface area contributed by atoms with E-state index in [9.17, 15) is 0 Å². The number of hydrogen-bond donors (Lipinski definition) is 2. The summed E-state index contributed by atoms with van der Waals surface area (Å²) in [7, 11) is 1.99. The number of hydrogen-bond acceptors (Lipinski definition) is 3. The molecule has 1 atom stereocenters. The molecule has 0 bridgehead atoms. The lowest BCUT2D eigenvalue weighted by molar-refractivity contribution is 0.280. The van der Waals surface area contributed by atoms with Crippen LogP contribution in [0.4, 0.5) is 5.82 Å². The topological polar surface area (TPSA) is 50.9 Å². The number of nitrogens with zero attached hydrogens (tertiary/aromatic N) is 1. The molecular weight excluding hydrogens is 186 g/mol. The van der Waals surface area contributed by atoms with E-state index in [4.69, 9.17) is 5.73 Å². The molecule has 1 rings (SSSR count). The predicted octanol–water partition coefficient (Wildman–Crippen LogP) is 1.84. The molecular formula is C12H21N3. The van der Waals surface area contributed by atoms with Gasteiger partial charge in [-0.25, -0.2) is 4.98 Å². The zero-order valence-electron chi connectivity index (χ0n) is 10.0. The van der Waals surface area contributed by atoms with E-state index in [1.165, 1.54) is 0 Å². The molecule has 0 aliphatic rings. The van der Waals surface area contributed by atoms with Crippen LogP contribution in [0.1, 0.15) is 26.3 Å². The van der Waals surface area contributed by atoms with Crippen LogP contribution in [0.15, 0.2) is 18.3 Å². The number of pyridine rings is 1. The zero-order valence-corrected chi connectivity index (χ0v) is 10.0. The fourth-order valence-corrected chi connectivity index (χ4v) is 1.68. The van der Waals surface area contributed by atoms with Crippen molar-refractivity contribution in [1.82, 2.24) is 10.3 Å². The first kappa shape index (κ1) is 12.0. The quantitative estimate of drug-likeness (QED) is 0.795. The van der Waals surface area contributed by atoms with Gasteiger partial charge in [-0.15, -0.1) is 0 Å². The minimum absolute atomic E-state index is 0.219. The van der Waals surface area contributed by atoms with Crippen LogP contribution in [0.3, 0.4) is 0 Å².